The number of hydrogen-bond acceptors (Lipinski definition) is 3. The summed E-state index contributed by atoms with van der Waals surface area (Å²) in [6.45, 7) is 8.76. The lowest BCUT2D eigenvalue weighted by Crippen LogP contribution is -2.45. The zero-order chi connectivity index (χ0) is 12.7. The van der Waals surface area contributed by atoms with E-state index < -0.39 is 0 Å². The van der Waals surface area contributed by atoms with Crippen LogP contribution in [0.1, 0.15) is 32.8 Å². The van der Waals surface area contributed by atoms with Crippen LogP contribution in [-0.4, -0.2) is 35.6 Å². The van der Waals surface area contributed by atoms with E-state index in [1.54, 1.807) is 0 Å². The summed E-state index contributed by atoms with van der Waals surface area (Å²) in [7, 11) is 2.17. The monoisotopic (exact) mass is 235 g/mol. The van der Waals surface area contributed by atoms with E-state index >= 15 is 0 Å². The van der Waals surface area contributed by atoms with Crippen LogP contribution in [0.2, 0.25) is 0 Å². The summed E-state index contributed by atoms with van der Waals surface area (Å²) in [6.07, 6.45) is 4.94. The Hall–Kier alpha value is -0.930. The van der Waals surface area contributed by atoms with Crippen molar-refractivity contribution in [2.45, 2.75) is 45.8 Å². The van der Waals surface area contributed by atoms with Crippen molar-refractivity contribution in [1.29, 1.82) is 0 Å². The quantitative estimate of drug-likeness (QED) is 0.786. The van der Waals surface area contributed by atoms with Crippen LogP contribution in [0.25, 0.3) is 0 Å². The molecular formula is C14H25N3. The number of likely N-dealkylation sites (N-methyl/N-ethyl adjacent to an activating group) is 1. The summed E-state index contributed by atoms with van der Waals surface area (Å²) in [5.74, 6) is 0. The van der Waals surface area contributed by atoms with Crippen LogP contribution in [0.5, 0.6) is 0 Å². The van der Waals surface area contributed by atoms with Crippen LogP contribution < -0.4 is 5.32 Å². The molecule has 0 saturated heterocycles. The van der Waals surface area contributed by atoms with E-state index in [2.05, 4.69) is 49.1 Å². The zero-order valence-corrected chi connectivity index (χ0v) is 11.5. The molecule has 0 aliphatic heterocycles. The van der Waals surface area contributed by atoms with Gasteiger partial charge in [-0.3, -0.25) is 9.88 Å². The summed E-state index contributed by atoms with van der Waals surface area (Å²) in [6, 6.07) is 5.14. The maximum Gasteiger partial charge on any atom is 0.0312 e. The fourth-order valence-electron chi connectivity index (χ4n) is 1.85. The first-order valence-corrected chi connectivity index (χ1v) is 6.47. The number of pyridine rings is 1. The third-order valence-corrected chi connectivity index (χ3v) is 3.29. The summed E-state index contributed by atoms with van der Waals surface area (Å²) in [5.41, 5.74) is 1.27. The van der Waals surface area contributed by atoms with Crippen LogP contribution >= 0.6 is 0 Å². The Morgan fingerprint density at radius 2 is 2.18 bits per heavy atom. The lowest BCUT2D eigenvalue weighted by Gasteiger charge is -2.30. The number of nitrogens with zero attached hydrogens (tertiary/aromatic N) is 2. The summed E-state index contributed by atoms with van der Waals surface area (Å²) >= 11 is 0. The summed E-state index contributed by atoms with van der Waals surface area (Å²) in [5, 5.41) is 3.54. The number of hydrogen-bond donors (Lipinski definition) is 1. The smallest absolute Gasteiger partial charge is 0.0312 e. The Morgan fingerprint density at radius 3 is 2.76 bits per heavy atom. The van der Waals surface area contributed by atoms with Crippen LogP contribution in [0.3, 0.4) is 0 Å². The van der Waals surface area contributed by atoms with Crippen LogP contribution in [-0.2, 0) is 6.54 Å². The average molecular weight is 235 g/mol. The van der Waals surface area contributed by atoms with Gasteiger partial charge in [0.1, 0.15) is 0 Å². The molecule has 0 aliphatic rings. The van der Waals surface area contributed by atoms with Gasteiger partial charge in [-0.05, 0) is 45.5 Å². The minimum Gasteiger partial charge on any atom is -0.313 e. The Kier molecular flexibility index (Phi) is 6.16. The van der Waals surface area contributed by atoms with E-state index in [0.29, 0.717) is 12.1 Å². The molecule has 1 N–H and O–H groups in total. The van der Waals surface area contributed by atoms with Crippen molar-refractivity contribution < 1.29 is 0 Å². The van der Waals surface area contributed by atoms with Gasteiger partial charge in [0.05, 0.1) is 0 Å². The molecule has 1 aromatic rings. The van der Waals surface area contributed by atoms with Gasteiger partial charge in [0.25, 0.3) is 0 Å². The predicted molar refractivity (Wildman–Crippen MR) is 72.9 cm³/mol. The topological polar surface area (TPSA) is 28.2 Å². The van der Waals surface area contributed by atoms with E-state index in [4.69, 9.17) is 0 Å². The van der Waals surface area contributed by atoms with Gasteiger partial charge in [-0.2, -0.15) is 0 Å². The Morgan fingerprint density at radius 1 is 1.41 bits per heavy atom. The minimum absolute atomic E-state index is 0.511. The Labute approximate surface area is 105 Å². The SMILES string of the molecule is CCCNC(C)C(C)N(C)Cc1cccnc1. The van der Waals surface area contributed by atoms with Crippen molar-refractivity contribution in [2.75, 3.05) is 13.6 Å². The van der Waals surface area contributed by atoms with Crippen molar-refractivity contribution >= 4 is 0 Å². The van der Waals surface area contributed by atoms with Crippen LogP contribution in [0.15, 0.2) is 24.5 Å². The standard InChI is InChI=1S/C14H25N3/c1-5-8-16-12(2)13(3)17(4)11-14-7-6-9-15-10-14/h6-7,9-10,12-13,16H,5,8,11H2,1-4H3. The molecule has 3 heteroatoms. The van der Waals surface area contributed by atoms with Gasteiger partial charge in [-0.1, -0.05) is 13.0 Å². The van der Waals surface area contributed by atoms with Gasteiger partial charge < -0.3 is 5.32 Å². The second-order valence-electron chi connectivity index (χ2n) is 4.76. The lowest BCUT2D eigenvalue weighted by atomic mass is 10.1. The normalized spacial score (nSPS) is 14.9. The van der Waals surface area contributed by atoms with Gasteiger partial charge in [-0.25, -0.2) is 0 Å². The zero-order valence-electron chi connectivity index (χ0n) is 11.5. The number of rotatable bonds is 7. The molecule has 3 nitrogen and oxygen atoms in total. The Balaban J connectivity index is 2.43. The van der Waals surface area contributed by atoms with Gasteiger partial charge in [0, 0.05) is 31.0 Å². The molecule has 1 rings (SSSR count). The Bertz CT molecular complexity index is 300. The van der Waals surface area contributed by atoms with Crippen molar-refractivity contribution in [3.05, 3.63) is 30.1 Å². The molecule has 0 radical (unpaired) electrons. The number of aromatic nitrogens is 1. The van der Waals surface area contributed by atoms with Gasteiger partial charge in [0.15, 0.2) is 0 Å². The predicted octanol–water partition coefficient (Wildman–Crippen LogP) is 2.29. The number of nitrogens with one attached hydrogen (secondary N) is 1. The average Bonchev–Trinajstić information content (AvgIpc) is 2.36. The molecule has 17 heavy (non-hydrogen) atoms. The fraction of sp³-hybridized carbons (Fsp3) is 0.643. The van der Waals surface area contributed by atoms with Crippen molar-refractivity contribution in [3.63, 3.8) is 0 Å². The van der Waals surface area contributed by atoms with E-state index in [9.17, 15) is 0 Å². The molecule has 0 aliphatic carbocycles. The molecule has 2 unspecified atom stereocenters. The highest BCUT2D eigenvalue weighted by Gasteiger charge is 2.16. The van der Waals surface area contributed by atoms with Crippen molar-refractivity contribution in [1.82, 2.24) is 15.2 Å². The second kappa shape index (κ2) is 7.41. The van der Waals surface area contributed by atoms with Gasteiger partial charge in [-0.15, -0.1) is 0 Å². The molecule has 0 bridgehead atoms. The summed E-state index contributed by atoms with van der Waals surface area (Å²) < 4.78 is 0. The highest BCUT2D eigenvalue weighted by molar-refractivity contribution is 5.08. The lowest BCUT2D eigenvalue weighted by molar-refractivity contribution is 0.206. The third kappa shape index (κ3) is 4.84. The van der Waals surface area contributed by atoms with Gasteiger partial charge in [0.2, 0.25) is 0 Å². The molecule has 96 valence electrons. The fourth-order valence-corrected chi connectivity index (χ4v) is 1.85. The molecule has 0 aromatic carbocycles. The molecule has 1 aromatic heterocycles. The first-order chi connectivity index (χ1) is 8.15. The highest BCUT2D eigenvalue weighted by atomic mass is 15.2. The molecule has 0 saturated carbocycles. The van der Waals surface area contributed by atoms with E-state index in [-0.39, 0.29) is 0 Å². The van der Waals surface area contributed by atoms with E-state index in [0.717, 1.165) is 13.1 Å². The second-order valence-corrected chi connectivity index (χ2v) is 4.76. The largest absolute Gasteiger partial charge is 0.313 e. The maximum absolute atomic E-state index is 4.15. The maximum atomic E-state index is 4.15. The van der Waals surface area contributed by atoms with E-state index in [1.807, 2.05) is 18.5 Å². The minimum atomic E-state index is 0.511. The van der Waals surface area contributed by atoms with Crippen LogP contribution in [0.4, 0.5) is 0 Å². The summed E-state index contributed by atoms with van der Waals surface area (Å²) in [4.78, 5) is 6.51. The third-order valence-electron chi connectivity index (χ3n) is 3.29. The van der Waals surface area contributed by atoms with Crippen LogP contribution in [0, 0.1) is 0 Å². The molecule has 0 spiro atoms. The first kappa shape index (κ1) is 14.1. The van der Waals surface area contributed by atoms with E-state index in [1.165, 1.54) is 12.0 Å². The van der Waals surface area contributed by atoms with Crippen molar-refractivity contribution in [3.8, 4) is 0 Å². The molecule has 0 amide bonds. The highest BCUT2D eigenvalue weighted by Crippen LogP contribution is 2.07. The molecular weight excluding hydrogens is 210 g/mol. The van der Waals surface area contributed by atoms with Gasteiger partial charge >= 0.3 is 0 Å². The first-order valence-electron chi connectivity index (χ1n) is 6.47. The molecule has 2 atom stereocenters. The molecule has 0 fully saturated rings. The van der Waals surface area contributed by atoms with Crippen molar-refractivity contribution in [2.24, 2.45) is 0 Å². The molecule has 1 heterocycles.